The fraction of sp³-hybridized carbons (Fsp3) is 0.250. The van der Waals surface area contributed by atoms with E-state index in [1.807, 2.05) is 19.9 Å². The number of aromatic amines is 1. The number of fused-ring (bicyclic) bond motifs is 1. The Hall–Kier alpha value is -2.95. The van der Waals surface area contributed by atoms with Crippen molar-refractivity contribution in [2.45, 2.75) is 20.3 Å². The second kappa shape index (κ2) is 6.89. The topological polar surface area (TPSA) is 63.3 Å². The average Bonchev–Trinajstić information content (AvgIpc) is 2.90. The Kier molecular flexibility index (Phi) is 4.65. The summed E-state index contributed by atoms with van der Waals surface area (Å²) in [5.74, 6) is 1.16. The zero-order chi connectivity index (χ0) is 18.0. The van der Waals surface area contributed by atoms with Crippen molar-refractivity contribution in [1.29, 1.82) is 0 Å². The van der Waals surface area contributed by atoms with Crippen LogP contribution >= 0.6 is 0 Å². The first kappa shape index (κ1) is 16.9. The fourth-order valence-corrected chi connectivity index (χ4v) is 2.98. The molecule has 2 N–H and O–H groups in total. The van der Waals surface area contributed by atoms with E-state index in [0.717, 1.165) is 22.2 Å². The lowest BCUT2D eigenvalue weighted by molar-refractivity contribution is -0.115. The van der Waals surface area contributed by atoms with E-state index in [0.29, 0.717) is 23.6 Å². The van der Waals surface area contributed by atoms with Gasteiger partial charge in [-0.2, -0.15) is 0 Å². The molecule has 130 valence electrons. The smallest absolute Gasteiger partial charge is 0.228 e. The molecule has 0 radical (unpaired) electrons. The predicted molar refractivity (Wildman–Crippen MR) is 99.7 cm³/mol. The number of rotatable bonds is 5. The number of nitrogens with one attached hydrogen (secondary N) is 2. The number of ether oxygens (including phenoxy) is 2. The third-order valence-corrected chi connectivity index (χ3v) is 4.30. The van der Waals surface area contributed by atoms with E-state index < -0.39 is 0 Å². The molecule has 0 fully saturated rings. The van der Waals surface area contributed by atoms with Gasteiger partial charge in [0.05, 0.1) is 26.3 Å². The molecule has 0 aliphatic carbocycles. The Morgan fingerprint density at radius 3 is 2.60 bits per heavy atom. The largest absolute Gasteiger partial charge is 0.497 e. The lowest BCUT2D eigenvalue weighted by Gasteiger charge is -2.12. The molecule has 3 aromatic rings. The second-order valence-electron chi connectivity index (χ2n) is 6.07. The van der Waals surface area contributed by atoms with Crippen molar-refractivity contribution < 1.29 is 14.3 Å². The Labute approximate surface area is 147 Å². The Balaban J connectivity index is 1.84. The number of hydrogen-bond acceptors (Lipinski definition) is 3. The van der Waals surface area contributed by atoms with Gasteiger partial charge in [0.2, 0.25) is 5.91 Å². The van der Waals surface area contributed by atoms with Gasteiger partial charge in [-0.25, -0.2) is 0 Å². The fourth-order valence-electron chi connectivity index (χ4n) is 2.98. The van der Waals surface area contributed by atoms with Crippen LogP contribution in [0.25, 0.3) is 10.9 Å². The summed E-state index contributed by atoms with van der Waals surface area (Å²) < 4.78 is 10.5. The summed E-state index contributed by atoms with van der Waals surface area (Å²) >= 11 is 0. The molecule has 0 saturated heterocycles. The van der Waals surface area contributed by atoms with Gasteiger partial charge in [0.25, 0.3) is 0 Å². The van der Waals surface area contributed by atoms with Crippen LogP contribution in [0.4, 0.5) is 5.69 Å². The molecule has 0 atom stereocenters. The number of hydrogen-bond donors (Lipinski definition) is 2. The monoisotopic (exact) mass is 338 g/mol. The van der Waals surface area contributed by atoms with Crippen LogP contribution in [0.1, 0.15) is 16.8 Å². The van der Waals surface area contributed by atoms with Gasteiger partial charge in [0.1, 0.15) is 11.5 Å². The lowest BCUT2D eigenvalue weighted by Crippen LogP contribution is -2.15. The SMILES string of the molecule is COc1ccc(NC(=O)Cc2c(C)[nH]c3ccc(C)cc23)c(OC)c1. The number of benzene rings is 2. The summed E-state index contributed by atoms with van der Waals surface area (Å²) in [7, 11) is 3.16. The van der Waals surface area contributed by atoms with Crippen molar-refractivity contribution in [3.05, 3.63) is 53.2 Å². The lowest BCUT2D eigenvalue weighted by atomic mass is 10.1. The van der Waals surface area contributed by atoms with Gasteiger partial charge in [-0.15, -0.1) is 0 Å². The quantitative estimate of drug-likeness (QED) is 0.739. The van der Waals surface area contributed by atoms with Crippen molar-refractivity contribution in [1.82, 2.24) is 4.98 Å². The summed E-state index contributed by atoms with van der Waals surface area (Å²) in [6.07, 6.45) is 0.296. The Morgan fingerprint density at radius 2 is 1.88 bits per heavy atom. The first-order valence-electron chi connectivity index (χ1n) is 8.11. The number of anilines is 1. The van der Waals surface area contributed by atoms with E-state index in [4.69, 9.17) is 9.47 Å². The zero-order valence-electron chi connectivity index (χ0n) is 14.9. The van der Waals surface area contributed by atoms with Crippen LogP contribution in [0.3, 0.4) is 0 Å². The van der Waals surface area contributed by atoms with Crippen LogP contribution in [0.15, 0.2) is 36.4 Å². The number of carbonyl (C=O) groups is 1. The average molecular weight is 338 g/mol. The molecule has 0 aliphatic rings. The number of aromatic nitrogens is 1. The van der Waals surface area contributed by atoms with Crippen molar-refractivity contribution in [2.24, 2.45) is 0 Å². The maximum absolute atomic E-state index is 12.6. The summed E-state index contributed by atoms with van der Waals surface area (Å²) in [5.41, 5.74) is 4.88. The third-order valence-electron chi connectivity index (χ3n) is 4.30. The van der Waals surface area contributed by atoms with E-state index in [1.165, 1.54) is 5.56 Å². The van der Waals surface area contributed by atoms with Gasteiger partial charge >= 0.3 is 0 Å². The number of amides is 1. The van der Waals surface area contributed by atoms with Crippen LogP contribution < -0.4 is 14.8 Å². The van der Waals surface area contributed by atoms with Gasteiger partial charge in [-0.1, -0.05) is 11.6 Å². The molecule has 1 aromatic heterocycles. The number of carbonyl (C=O) groups excluding carboxylic acids is 1. The highest BCUT2D eigenvalue weighted by atomic mass is 16.5. The van der Waals surface area contributed by atoms with Gasteiger partial charge in [-0.3, -0.25) is 4.79 Å². The van der Waals surface area contributed by atoms with Crippen LogP contribution in [0.2, 0.25) is 0 Å². The summed E-state index contributed by atoms with van der Waals surface area (Å²) in [6, 6.07) is 11.5. The van der Waals surface area contributed by atoms with E-state index in [2.05, 4.69) is 22.4 Å². The first-order chi connectivity index (χ1) is 12.0. The molecule has 1 amide bonds. The molecule has 0 unspecified atom stereocenters. The Bertz CT molecular complexity index is 928. The minimum absolute atomic E-state index is 0.0889. The van der Waals surface area contributed by atoms with Crippen molar-refractivity contribution in [3.8, 4) is 11.5 Å². The predicted octanol–water partition coefficient (Wildman–Crippen LogP) is 3.98. The normalized spacial score (nSPS) is 10.7. The van der Waals surface area contributed by atoms with Crippen molar-refractivity contribution in [3.63, 3.8) is 0 Å². The second-order valence-corrected chi connectivity index (χ2v) is 6.07. The molecule has 0 bridgehead atoms. The van der Waals surface area contributed by atoms with Crippen LogP contribution in [-0.4, -0.2) is 25.1 Å². The number of aryl methyl sites for hydroxylation is 2. The highest BCUT2D eigenvalue weighted by molar-refractivity contribution is 5.97. The molecule has 5 heteroatoms. The standard InChI is InChI=1S/C20H22N2O3/c1-12-5-7-17-16(9-12)15(13(2)21-17)11-20(23)22-18-8-6-14(24-3)10-19(18)25-4/h5-10,21H,11H2,1-4H3,(H,22,23). The molecule has 0 aliphatic heterocycles. The first-order valence-corrected chi connectivity index (χ1v) is 8.11. The van der Waals surface area contributed by atoms with Gasteiger partial charge in [0, 0.05) is 22.7 Å². The molecule has 5 nitrogen and oxygen atoms in total. The molecule has 0 spiro atoms. The van der Waals surface area contributed by atoms with E-state index in [-0.39, 0.29) is 5.91 Å². The van der Waals surface area contributed by atoms with Crippen molar-refractivity contribution in [2.75, 3.05) is 19.5 Å². The van der Waals surface area contributed by atoms with Crippen molar-refractivity contribution >= 4 is 22.5 Å². The van der Waals surface area contributed by atoms with Gasteiger partial charge < -0.3 is 19.8 Å². The number of methoxy groups -OCH3 is 2. The number of H-pyrrole nitrogens is 1. The highest BCUT2D eigenvalue weighted by Gasteiger charge is 2.14. The molecule has 25 heavy (non-hydrogen) atoms. The summed E-state index contributed by atoms with van der Waals surface area (Å²) in [5, 5.41) is 4.02. The summed E-state index contributed by atoms with van der Waals surface area (Å²) in [4.78, 5) is 15.9. The molecule has 3 rings (SSSR count). The van der Waals surface area contributed by atoms with Gasteiger partial charge in [-0.05, 0) is 43.7 Å². The maximum atomic E-state index is 12.6. The molecule has 2 aromatic carbocycles. The van der Waals surface area contributed by atoms with E-state index in [9.17, 15) is 4.79 Å². The molecular weight excluding hydrogens is 316 g/mol. The minimum Gasteiger partial charge on any atom is -0.497 e. The van der Waals surface area contributed by atoms with Gasteiger partial charge in [0.15, 0.2) is 0 Å². The Morgan fingerprint density at radius 1 is 1.08 bits per heavy atom. The molecule has 1 heterocycles. The molecular formula is C20H22N2O3. The minimum atomic E-state index is -0.0889. The third kappa shape index (κ3) is 3.45. The van der Waals surface area contributed by atoms with E-state index in [1.54, 1.807) is 32.4 Å². The van der Waals surface area contributed by atoms with E-state index >= 15 is 0 Å². The highest BCUT2D eigenvalue weighted by Crippen LogP contribution is 2.30. The summed E-state index contributed by atoms with van der Waals surface area (Å²) in [6.45, 7) is 4.04. The van der Waals surface area contributed by atoms with Crippen LogP contribution in [-0.2, 0) is 11.2 Å². The van der Waals surface area contributed by atoms with Crippen LogP contribution in [0.5, 0.6) is 11.5 Å². The van der Waals surface area contributed by atoms with Crippen LogP contribution in [0, 0.1) is 13.8 Å². The zero-order valence-corrected chi connectivity index (χ0v) is 14.9. The molecule has 0 saturated carbocycles. The maximum Gasteiger partial charge on any atom is 0.228 e.